The summed E-state index contributed by atoms with van der Waals surface area (Å²) in [6.07, 6.45) is 6.34. The molecule has 1 saturated carbocycles. The molecule has 3 aromatic rings. The van der Waals surface area contributed by atoms with E-state index in [1.54, 1.807) is 18.3 Å². The minimum absolute atomic E-state index is 0.141. The molecule has 0 radical (unpaired) electrons. The van der Waals surface area contributed by atoms with Gasteiger partial charge in [-0.2, -0.15) is 5.10 Å². The number of thioether (sulfide) groups is 1. The molecule has 0 unspecified atom stereocenters. The maximum atomic E-state index is 12.3. The quantitative estimate of drug-likeness (QED) is 0.612. The normalized spacial score (nSPS) is 14.6. The van der Waals surface area contributed by atoms with Gasteiger partial charge in [-0.1, -0.05) is 48.3 Å². The molecule has 1 aliphatic carbocycles. The van der Waals surface area contributed by atoms with Gasteiger partial charge in [0.25, 0.3) is 5.22 Å². The maximum Gasteiger partial charge on any atom is 0.277 e. The van der Waals surface area contributed by atoms with Crippen LogP contribution in [0.5, 0.6) is 0 Å². The fourth-order valence-corrected chi connectivity index (χ4v) is 3.95. The molecule has 0 atom stereocenters. The van der Waals surface area contributed by atoms with Crippen LogP contribution in [0.25, 0.3) is 11.5 Å². The third-order valence-electron chi connectivity index (χ3n) is 4.45. The summed E-state index contributed by atoms with van der Waals surface area (Å²) in [5.74, 6) is 1.09. The van der Waals surface area contributed by atoms with E-state index in [0.717, 1.165) is 18.7 Å². The molecular weight excluding hydrogens is 386 g/mol. The minimum atomic E-state index is -0.141. The van der Waals surface area contributed by atoms with Gasteiger partial charge >= 0.3 is 0 Å². The predicted molar refractivity (Wildman–Crippen MR) is 104 cm³/mol. The number of carbonyl (C=O) groups is 1. The first kappa shape index (κ1) is 18.1. The number of anilines is 1. The number of amides is 1. The zero-order valence-corrected chi connectivity index (χ0v) is 16.0. The van der Waals surface area contributed by atoms with Crippen LogP contribution in [0.4, 0.5) is 5.82 Å². The third-order valence-corrected chi connectivity index (χ3v) is 5.59. The Bertz CT molecular complexity index is 935. The Morgan fingerprint density at radius 3 is 2.89 bits per heavy atom. The van der Waals surface area contributed by atoms with E-state index in [9.17, 15) is 4.79 Å². The highest BCUT2D eigenvalue weighted by molar-refractivity contribution is 7.99. The zero-order chi connectivity index (χ0) is 18.6. The first-order chi connectivity index (χ1) is 13.2. The standard InChI is InChI=1S/C18H18ClN5O2S/c19-14-8-4-3-7-13(14)17-22-23-18(26-17)27-11-16(25)21-15-9-10-20-24(15)12-5-1-2-6-12/h3-4,7-10,12H,1-2,5-6,11H2,(H,21,25). The van der Waals surface area contributed by atoms with Crippen molar-refractivity contribution in [3.63, 3.8) is 0 Å². The molecular formula is C18H18ClN5O2S. The highest BCUT2D eigenvalue weighted by Crippen LogP contribution is 2.31. The smallest absolute Gasteiger partial charge is 0.277 e. The zero-order valence-electron chi connectivity index (χ0n) is 14.5. The number of hydrogen-bond donors (Lipinski definition) is 1. The largest absolute Gasteiger partial charge is 0.411 e. The van der Waals surface area contributed by atoms with Crippen molar-refractivity contribution in [3.8, 4) is 11.5 Å². The number of rotatable bonds is 6. The van der Waals surface area contributed by atoms with Crippen LogP contribution in [0.1, 0.15) is 31.7 Å². The average molecular weight is 404 g/mol. The third kappa shape index (κ3) is 4.17. The molecule has 2 aromatic heterocycles. The second-order valence-corrected chi connectivity index (χ2v) is 7.62. The number of carbonyl (C=O) groups excluding carboxylic acids is 1. The van der Waals surface area contributed by atoms with Gasteiger partial charge in [-0.15, -0.1) is 10.2 Å². The molecule has 1 aromatic carbocycles. The molecule has 0 saturated heterocycles. The summed E-state index contributed by atoms with van der Waals surface area (Å²) in [5, 5.41) is 16.1. The van der Waals surface area contributed by atoms with Crippen molar-refractivity contribution in [2.75, 3.05) is 11.1 Å². The predicted octanol–water partition coefficient (Wildman–Crippen LogP) is 4.43. The summed E-state index contributed by atoms with van der Waals surface area (Å²) in [5.41, 5.74) is 0.670. The van der Waals surface area contributed by atoms with Crippen molar-refractivity contribution in [2.45, 2.75) is 36.9 Å². The van der Waals surface area contributed by atoms with Crippen molar-refractivity contribution in [3.05, 3.63) is 41.6 Å². The second kappa shape index (κ2) is 8.14. The monoisotopic (exact) mass is 403 g/mol. The molecule has 1 N–H and O–H groups in total. The van der Waals surface area contributed by atoms with Crippen LogP contribution in [-0.2, 0) is 4.79 Å². The van der Waals surface area contributed by atoms with Crippen LogP contribution in [-0.4, -0.2) is 31.6 Å². The fraction of sp³-hybridized carbons (Fsp3) is 0.333. The Morgan fingerprint density at radius 2 is 2.07 bits per heavy atom. The molecule has 140 valence electrons. The first-order valence-corrected chi connectivity index (χ1v) is 10.1. The lowest BCUT2D eigenvalue weighted by Gasteiger charge is -2.14. The highest BCUT2D eigenvalue weighted by Gasteiger charge is 2.21. The summed E-state index contributed by atoms with van der Waals surface area (Å²) in [4.78, 5) is 12.3. The van der Waals surface area contributed by atoms with E-state index in [2.05, 4.69) is 20.6 Å². The molecule has 9 heteroatoms. The first-order valence-electron chi connectivity index (χ1n) is 8.75. The van der Waals surface area contributed by atoms with Gasteiger partial charge in [0.05, 0.1) is 28.6 Å². The van der Waals surface area contributed by atoms with Crippen molar-refractivity contribution < 1.29 is 9.21 Å². The molecule has 0 bridgehead atoms. The summed E-state index contributed by atoms with van der Waals surface area (Å²) >= 11 is 7.32. The summed E-state index contributed by atoms with van der Waals surface area (Å²) in [6.45, 7) is 0. The summed E-state index contributed by atoms with van der Waals surface area (Å²) in [7, 11) is 0. The van der Waals surface area contributed by atoms with Gasteiger partial charge in [0.1, 0.15) is 5.82 Å². The highest BCUT2D eigenvalue weighted by atomic mass is 35.5. The van der Waals surface area contributed by atoms with Crippen molar-refractivity contribution in [1.29, 1.82) is 0 Å². The Morgan fingerprint density at radius 1 is 1.26 bits per heavy atom. The summed E-state index contributed by atoms with van der Waals surface area (Å²) in [6, 6.07) is 9.44. The van der Waals surface area contributed by atoms with Crippen LogP contribution in [0.3, 0.4) is 0 Å². The van der Waals surface area contributed by atoms with Crippen molar-refractivity contribution >= 4 is 35.1 Å². The molecule has 1 fully saturated rings. The van der Waals surface area contributed by atoms with Crippen LogP contribution in [0.2, 0.25) is 5.02 Å². The molecule has 4 rings (SSSR count). The number of aromatic nitrogens is 4. The van der Waals surface area contributed by atoms with Crippen molar-refractivity contribution in [2.24, 2.45) is 0 Å². The van der Waals surface area contributed by atoms with Gasteiger partial charge in [-0.3, -0.25) is 4.79 Å². The number of halogens is 1. The van der Waals surface area contributed by atoms with Gasteiger partial charge in [0.15, 0.2) is 0 Å². The summed E-state index contributed by atoms with van der Waals surface area (Å²) < 4.78 is 7.51. The Kier molecular flexibility index (Phi) is 5.45. The van der Waals surface area contributed by atoms with E-state index in [-0.39, 0.29) is 11.7 Å². The molecule has 0 aliphatic heterocycles. The van der Waals surface area contributed by atoms with E-state index < -0.39 is 0 Å². The van der Waals surface area contributed by atoms with Crippen molar-refractivity contribution in [1.82, 2.24) is 20.0 Å². The van der Waals surface area contributed by atoms with Gasteiger partial charge in [0.2, 0.25) is 11.8 Å². The van der Waals surface area contributed by atoms with Crippen LogP contribution >= 0.6 is 23.4 Å². The lowest BCUT2D eigenvalue weighted by molar-refractivity contribution is -0.113. The molecule has 2 heterocycles. The van der Waals surface area contributed by atoms with E-state index in [4.69, 9.17) is 16.0 Å². The molecule has 7 nitrogen and oxygen atoms in total. The number of nitrogens with zero attached hydrogens (tertiary/aromatic N) is 4. The fourth-order valence-electron chi connectivity index (χ4n) is 3.17. The Balaban J connectivity index is 1.35. The van der Waals surface area contributed by atoms with Gasteiger partial charge in [0, 0.05) is 6.07 Å². The lowest BCUT2D eigenvalue weighted by Crippen LogP contribution is -2.19. The molecule has 1 aliphatic rings. The average Bonchev–Trinajstić information content (AvgIpc) is 3.42. The van der Waals surface area contributed by atoms with Crippen LogP contribution < -0.4 is 5.32 Å². The van der Waals surface area contributed by atoms with E-state index >= 15 is 0 Å². The van der Waals surface area contributed by atoms with Gasteiger partial charge < -0.3 is 9.73 Å². The van der Waals surface area contributed by atoms with Crippen LogP contribution in [0, 0.1) is 0 Å². The van der Waals surface area contributed by atoms with E-state index in [1.165, 1.54) is 24.6 Å². The van der Waals surface area contributed by atoms with Crippen LogP contribution in [0.15, 0.2) is 46.2 Å². The number of hydrogen-bond acceptors (Lipinski definition) is 6. The Hall–Kier alpha value is -2.32. The lowest BCUT2D eigenvalue weighted by atomic mass is 10.2. The maximum absolute atomic E-state index is 12.3. The van der Waals surface area contributed by atoms with Gasteiger partial charge in [-0.05, 0) is 25.0 Å². The number of nitrogens with one attached hydrogen (secondary N) is 1. The molecule has 27 heavy (non-hydrogen) atoms. The Labute approximate surface area is 165 Å². The molecule has 1 amide bonds. The van der Waals surface area contributed by atoms with E-state index in [1.807, 2.05) is 22.9 Å². The van der Waals surface area contributed by atoms with Gasteiger partial charge in [-0.25, -0.2) is 4.68 Å². The molecule has 0 spiro atoms. The second-order valence-electron chi connectivity index (χ2n) is 6.29. The van der Waals surface area contributed by atoms with E-state index in [0.29, 0.717) is 27.7 Å². The number of benzene rings is 1. The SMILES string of the molecule is O=C(CSc1nnc(-c2ccccc2Cl)o1)Nc1ccnn1C1CCCC1. The minimum Gasteiger partial charge on any atom is -0.411 e. The topological polar surface area (TPSA) is 85.8 Å².